The summed E-state index contributed by atoms with van der Waals surface area (Å²) in [7, 11) is 3.24. The van der Waals surface area contributed by atoms with Gasteiger partial charge in [0, 0.05) is 31.8 Å². The summed E-state index contributed by atoms with van der Waals surface area (Å²) in [4.78, 5) is 44.8. The van der Waals surface area contributed by atoms with Crippen molar-refractivity contribution in [2.45, 2.75) is 25.3 Å². The summed E-state index contributed by atoms with van der Waals surface area (Å²) in [6.45, 7) is 1.19. The van der Waals surface area contributed by atoms with Crippen LogP contribution < -0.4 is 25.4 Å². The number of alkyl halides is 1. The second-order valence-corrected chi connectivity index (χ2v) is 7.61. The third kappa shape index (κ3) is 9.54. The van der Waals surface area contributed by atoms with Gasteiger partial charge in [-0.1, -0.05) is 24.3 Å². The summed E-state index contributed by atoms with van der Waals surface area (Å²) < 4.78 is 10.0. The maximum atomic E-state index is 11.6. The highest BCUT2D eigenvalue weighted by Gasteiger charge is 2.25. The van der Waals surface area contributed by atoms with Crippen LogP contribution in [0.1, 0.15) is 24.0 Å². The summed E-state index contributed by atoms with van der Waals surface area (Å²) >= 11 is 5.58. The van der Waals surface area contributed by atoms with Crippen molar-refractivity contribution in [2.24, 2.45) is 0 Å². The highest BCUT2D eigenvalue weighted by Crippen LogP contribution is 2.14. The number of halogens is 1. The minimum absolute atomic E-state index is 0.135. The van der Waals surface area contributed by atoms with E-state index in [9.17, 15) is 19.2 Å². The number of benzene rings is 2. The van der Waals surface area contributed by atoms with Crippen LogP contribution in [0, 0.1) is 0 Å². The van der Waals surface area contributed by atoms with Crippen LogP contribution in [0.2, 0.25) is 0 Å². The third-order valence-corrected chi connectivity index (χ3v) is 5.17. The Kier molecular flexibility index (Phi) is 11.3. The molecule has 0 unspecified atom stereocenters. The topological polar surface area (TPSA) is 126 Å². The minimum atomic E-state index is -0.388. The maximum Gasteiger partial charge on any atom is 0.324 e. The molecule has 2 aliphatic rings. The molecule has 10 nitrogen and oxygen atoms in total. The second kappa shape index (κ2) is 14.5. The number of carbonyl (C=O) groups is 4. The van der Waals surface area contributed by atoms with Crippen LogP contribution in [0.3, 0.4) is 0 Å². The lowest BCUT2D eigenvalue weighted by Crippen LogP contribution is -2.49. The molecular weight excluding hydrogens is 476 g/mol. The number of nitrogens with zero attached hydrogens (tertiary/aromatic N) is 1. The molecule has 2 fully saturated rings. The molecule has 3 N–H and O–H groups in total. The van der Waals surface area contributed by atoms with Gasteiger partial charge in [0.15, 0.2) is 0 Å². The van der Waals surface area contributed by atoms with E-state index in [4.69, 9.17) is 21.1 Å². The number of hydrogen-bond donors (Lipinski definition) is 3. The zero-order chi connectivity index (χ0) is 25.6. The monoisotopic (exact) mass is 504 g/mol. The van der Waals surface area contributed by atoms with Gasteiger partial charge in [-0.3, -0.25) is 19.8 Å². The molecule has 4 rings (SSSR count). The zero-order valence-electron chi connectivity index (χ0n) is 19.6. The van der Waals surface area contributed by atoms with Crippen molar-refractivity contribution in [3.63, 3.8) is 0 Å². The molecule has 0 spiro atoms. The van der Waals surface area contributed by atoms with Gasteiger partial charge in [0.25, 0.3) is 0 Å². The van der Waals surface area contributed by atoms with Crippen LogP contribution in [0.15, 0.2) is 48.5 Å². The average molecular weight is 505 g/mol. The predicted octanol–water partition coefficient (Wildman–Crippen LogP) is 2.79. The first-order valence-electron chi connectivity index (χ1n) is 10.8. The number of ether oxygens (including phenoxy) is 2. The normalized spacial score (nSPS) is 14.8. The Hall–Kier alpha value is -3.79. The van der Waals surface area contributed by atoms with E-state index >= 15 is 0 Å². The molecule has 11 heteroatoms. The van der Waals surface area contributed by atoms with Gasteiger partial charge in [-0.15, -0.1) is 11.6 Å². The van der Waals surface area contributed by atoms with Crippen LogP contribution in [-0.4, -0.2) is 56.1 Å². The molecule has 188 valence electrons. The molecule has 6 amide bonds. The maximum absolute atomic E-state index is 11.6. The fourth-order valence-electron chi connectivity index (χ4n) is 2.93. The van der Waals surface area contributed by atoms with Crippen LogP contribution >= 0.6 is 11.6 Å². The number of amides is 6. The summed E-state index contributed by atoms with van der Waals surface area (Å²) in [5.41, 5.74) is 2.01. The number of hydrogen-bond acceptors (Lipinski definition) is 6. The summed E-state index contributed by atoms with van der Waals surface area (Å²) in [5.74, 6) is 1.85. The van der Waals surface area contributed by atoms with Crippen LogP contribution in [-0.2, 0) is 22.0 Å². The zero-order valence-corrected chi connectivity index (χ0v) is 20.4. The van der Waals surface area contributed by atoms with Gasteiger partial charge in [-0.2, -0.15) is 0 Å². The van der Waals surface area contributed by atoms with Crippen molar-refractivity contribution in [2.75, 3.05) is 27.3 Å². The summed E-state index contributed by atoms with van der Waals surface area (Å²) in [6.07, 6.45) is 0.758. The Morgan fingerprint density at radius 1 is 0.800 bits per heavy atom. The molecule has 2 aromatic carbocycles. The van der Waals surface area contributed by atoms with E-state index in [2.05, 4.69) is 16.0 Å². The van der Waals surface area contributed by atoms with Crippen molar-refractivity contribution in [1.82, 2.24) is 20.9 Å². The Morgan fingerprint density at radius 2 is 1.34 bits per heavy atom. The predicted molar refractivity (Wildman–Crippen MR) is 130 cm³/mol. The largest absolute Gasteiger partial charge is 0.497 e. The van der Waals surface area contributed by atoms with E-state index in [1.807, 2.05) is 48.5 Å². The Balaban J connectivity index is 0.000000204. The third-order valence-electron chi connectivity index (χ3n) is 4.86. The van der Waals surface area contributed by atoms with Gasteiger partial charge in [-0.25, -0.2) is 9.59 Å². The molecule has 0 radical (unpaired) electrons. The molecule has 0 aliphatic carbocycles. The first kappa shape index (κ1) is 27.5. The molecule has 0 aromatic heterocycles. The average Bonchev–Trinajstić information content (AvgIpc) is 2.87. The van der Waals surface area contributed by atoms with Gasteiger partial charge in [0.1, 0.15) is 11.5 Å². The van der Waals surface area contributed by atoms with Crippen LogP contribution in [0.5, 0.6) is 11.5 Å². The number of rotatable bonds is 5. The second-order valence-electron chi connectivity index (χ2n) is 7.35. The lowest BCUT2D eigenvalue weighted by Gasteiger charge is -2.25. The standard InChI is InChI=1S/C12H14N2O3.C8H9ClO.C4H6N2O2/c1-17-10-4-2-9(3-5-10)8-14-11(15)6-7-13-12(14)16;1-10-8-4-2-7(6-9)3-5-8;7-3-1-2-5-4(8)6-3/h2-5H,6-8H2,1H3,(H,13,16);2-5H,6H2,1H3;1-2H2,(H2,5,6,7,8). The SMILES string of the molecule is COc1ccc(CCl)cc1.COc1ccc(CN2C(=O)CCNC2=O)cc1.O=C1CCNC(=O)N1. The Bertz CT molecular complexity index is 945. The number of imide groups is 2. The highest BCUT2D eigenvalue weighted by atomic mass is 35.5. The molecule has 0 saturated carbocycles. The van der Waals surface area contributed by atoms with Gasteiger partial charge >= 0.3 is 12.1 Å². The van der Waals surface area contributed by atoms with E-state index in [-0.39, 0.29) is 23.9 Å². The molecule has 0 bridgehead atoms. The van der Waals surface area contributed by atoms with Gasteiger partial charge < -0.3 is 20.1 Å². The van der Waals surface area contributed by atoms with E-state index < -0.39 is 0 Å². The lowest BCUT2D eigenvalue weighted by molar-refractivity contribution is -0.129. The highest BCUT2D eigenvalue weighted by molar-refractivity contribution is 6.17. The number of methoxy groups -OCH3 is 2. The quantitative estimate of drug-likeness (QED) is 0.537. The number of urea groups is 2. The van der Waals surface area contributed by atoms with E-state index in [0.717, 1.165) is 22.6 Å². The van der Waals surface area contributed by atoms with E-state index in [1.165, 1.54) is 4.90 Å². The minimum Gasteiger partial charge on any atom is -0.497 e. The van der Waals surface area contributed by atoms with Crippen molar-refractivity contribution >= 4 is 35.5 Å². The number of nitrogens with one attached hydrogen (secondary N) is 3. The molecule has 2 saturated heterocycles. The molecular formula is C24H29ClN4O6. The summed E-state index contributed by atoms with van der Waals surface area (Å²) in [5, 5.41) is 7.18. The smallest absolute Gasteiger partial charge is 0.324 e. The molecule has 0 atom stereocenters. The first-order valence-corrected chi connectivity index (χ1v) is 11.4. The fourth-order valence-corrected chi connectivity index (χ4v) is 3.11. The number of carbonyl (C=O) groups excluding carboxylic acids is 4. The molecule has 35 heavy (non-hydrogen) atoms. The van der Waals surface area contributed by atoms with E-state index in [0.29, 0.717) is 38.4 Å². The Morgan fingerprint density at radius 3 is 1.77 bits per heavy atom. The van der Waals surface area contributed by atoms with Crippen molar-refractivity contribution in [1.29, 1.82) is 0 Å². The van der Waals surface area contributed by atoms with Gasteiger partial charge in [0.2, 0.25) is 11.8 Å². The first-order chi connectivity index (χ1) is 16.9. The van der Waals surface area contributed by atoms with E-state index in [1.54, 1.807) is 14.2 Å². The van der Waals surface area contributed by atoms with Crippen LogP contribution in [0.4, 0.5) is 9.59 Å². The Labute approximate surface area is 208 Å². The lowest BCUT2D eigenvalue weighted by atomic mass is 10.2. The molecule has 2 aromatic rings. The molecule has 2 heterocycles. The van der Waals surface area contributed by atoms with Crippen molar-refractivity contribution in [3.05, 3.63) is 59.7 Å². The van der Waals surface area contributed by atoms with Gasteiger partial charge in [0.05, 0.1) is 20.8 Å². The van der Waals surface area contributed by atoms with Crippen LogP contribution in [0.25, 0.3) is 0 Å². The van der Waals surface area contributed by atoms with Crippen molar-refractivity contribution < 1.29 is 28.7 Å². The van der Waals surface area contributed by atoms with Crippen molar-refractivity contribution in [3.8, 4) is 11.5 Å². The summed E-state index contributed by atoms with van der Waals surface area (Å²) in [6, 6.07) is 14.3. The van der Waals surface area contributed by atoms with Gasteiger partial charge in [-0.05, 0) is 35.4 Å². The molecule has 2 aliphatic heterocycles. The fraction of sp³-hybridized carbons (Fsp3) is 0.333.